The molecule has 0 fully saturated rings. The third-order valence-electron chi connectivity index (χ3n) is 4.49. The van der Waals surface area contributed by atoms with Crippen molar-refractivity contribution in [1.29, 1.82) is 0 Å². The number of halogens is 2. The van der Waals surface area contributed by atoms with Crippen LogP contribution in [0.15, 0.2) is 65.7 Å². The van der Waals surface area contributed by atoms with Crippen molar-refractivity contribution in [2.45, 2.75) is 13.2 Å². The van der Waals surface area contributed by atoms with Gasteiger partial charge in [0, 0.05) is 18.9 Å². The van der Waals surface area contributed by atoms with E-state index in [1.807, 2.05) is 0 Å². The summed E-state index contributed by atoms with van der Waals surface area (Å²) in [7, 11) is 0. The van der Waals surface area contributed by atoms with Crippen LogP contribution in [0.4, 0.5) is 8.78 Å². The zero-order chi connectivity index (χ0) is 21.8. The normalized spacial score (nSPS) is 10.8. The van der Waals surface area contributed by atoms with E-state index in [4.69, 9.17) is 4.74 Å². The maximum Gasteiger partial charge on any atom is 0.287 e. The van der Waals surface area contributed by atoms with Crippen LogP contribution in [0.25, 0.3) is 10.9 Å². The van der Waals surface area contributed by atoms with Gasteiger partial charge in [-0.25, -0.2) is 13.8 Å². The van der Waals surface area contributed by atoms with E-state index in [0.717, 1.165) is 11.6 Å². The van der Waals surface area contributed by atoms with Crippen molar-refractivity contribution in [2.75, 3.05) is 0 Å². The minimum Gasteiger partial charge on any atom is -0.485 e. The lowest BCUT2D eigenvalue weighted by Crippen LogP contribution is -2.27. The second kappa shape index (κ2) is 8.70. The molecule has 2 heterocycles. The molecule has 0 bridgehead atoms. The zero-order valence-electron chi connectivity index (χ0n) is 16.1. The van der Waals surface area contributed by atoms with Gasteiger partial charge in [0.1, 0.15) is 17.8 Å². The summed E-state index contributed by atoms with van der Waals surface area (Å²) in [6.45, 7) is 0.141. The number of rotatable bonds is 6. The van der Waals surface area contributed by atoms with Crippen LogP contribution in [-0.2, 0) is 13.2 Å². The van der Waals surface area contributed by atoms with Gasteiger partial charge in [-0.05, 0) is 47.5 Å². The van der Waals surface area contributed by atoms with Crippen molar-refractivity contribution >= 4 is 16.8 Å². The standard InChI is InChI=1S/C22H16F2N4O3/c23-15-3-1-14(2-4-15)12-31-19-16(24)5-6-17-18(19)21(29)28-20(27-17)22(30)26-11-13-7-9-25-10-8-13/h1-10H,11-12H2,(H,26,30)(H,27,28,29). The Labute approximate surface area is 174 Å². The van der Waals surface area contributed by atoms with Gasteiger partial charge in [0.2, 0.25) is 0 Å². The van der Waals surface area contributed by atoms with Crippen LogP contribution in [0.1, 0.15) is 21.7 Å². The number of nitrogens with one attached hydrogen (secondary N) is 2. The van der Waals surface area contributed by atoms with Crippen LogP contribution in [0.3, 0.4) is 0 Å². The van der Waals surface area contributed by atoms with Crippen molar-refractivity contribution in [3.63, 3.8) is 0 Å². The monoisotopic (exact) mass is 422 g/mol. The Morgan fingerprint density at radius 2 is 1.74 bits per heavy atom. The molecule has 0 spiro atoms. The molecule has 4 rings (SSSR count). The van der Waals surface area contributed by atoms with Gasteiger partial charge in [-0.2, -0.15) is 0 Å². The zero-order valence-corrected chi connectivity index (χ0v) is 16.1. The number of carbonyl (C=O) groups excluding carboxylic acids is 1. The maximum absolute atomic E-state index is 14.4. The van der Waals surface area contributed by atoms with Gasteiger partial charge in [-0.3, -0.25) is 14.6 Å². The van der Waals surface area contributed by atoms with Crippen LogP contribution < -0.4 is 15.6 Å². The summed E-state index contributed by atoms with van der Waals surface area (Å²) >= 11 is 0. The van der Waals surface area contributed by atoms with Crippen molar-refractivity contribution in [3.8, 4) is 5.75 Å². The first kappa shape index (κ1) is 20.1. The molecule has 0 atom stereocenters. The number of amides is 1. The van der Waals surface area contributed by atoms with Crippen molar-refractivity contribution in [2.24, 2.45) is 0 Å². The Bertz CT molecular complexity index is 1290. The maximum atomic E-state index is 14.4. The minimum atomic E-state index is -0.753. The van der Waals surface area contributed by atoms with Gasteiger partial charge in [-0.15, -0.1) is 0 Å². The SMILES string of the molecule is O=C(NCc1ccncc1)c1nc2ccc(F)c(OCc3ccc(F)cc3)c2c(=O)[nH]1. The molecule has 2 aromatic carbocycles. The lowest BCUT2D eigenvalue weighted by Gasteiger charge is -2.11. The van der Waals surface area contributed by atoms with Gasteiger partial charge in [0.05, 0.1) is 5.52 Å². The number of aromatic nitrogens is 3. The summed E-state index contributed by atoms with van der Waals surface area (Å²) in [4.78, 5) is 35.4. The quantitative estimate of drug-likeness (QED) is 0.498. The highest BCUT2D eigenvalue weighted by Gasteiger charge is 2.17. The molecular weight excluding hydrogens is 406 g/mol. The highest BCUT2D eigenvalue weighted by molar-refractivity contribution is 5.93. The third kappa shape index (κ3) is 4.55. The van der Waals surface area contributed by atoms with E-state index in [-0.39, 0.29) is 35.6 Å². The Morgan fingerprint density at radius 1 is 1.00 bits per heavy atom. The van der Waals surface area contributed by atoms with E-state index in [2.05, 4.69) is 20.3 Å². The fourth-order valence-electron chi connectivity index (χ4n) is 2.93. The van der Waals surface area contributed by atoms with Crippen molar-refractivity contribution in [3.05, 3.63) is 99.9 Å². The Morgan fingerprint density at radius 3 is 2.48 bits per heavy atom. The molecule has 0 unspecified atom stereocenters. The molecule has 0 saturated heterocycles. The van der Waals surface area contributed by atoms with Crippen LogP contribution in [0, 0.1) is 11.6 Å². The predicted octanol–water partition coefficient (Wildman–Crippen LogP) is 3.11. The smallest absolute Gasteiger partial charge is 0.287 e. The summed E-state index contributed by atoms with van der Waals surface area (Å²) in [5.41, 5.74) is 0.806. The first-order valence-electron chi connectivity index (χ1n) is 9.28. The Hall–Kier alpha value is -4.14. The molecule has 7 nitrogen and oxygen atoms in total. The number of hydrogen-bond acceptors (Lipinski definition) is 5. The Balaban J connectivity index is 1.59. The highest BCUT2D eigenvalue weighted by Crippen LogP contribution is 2.26. The number of hydrogen-bond donors (Lipinski definition) is 2. The van der Waals surface area contributed by atoms with Crippen LogP contribution in [0.2, 0.25) is 0 Å². The van der Waals surface area contributed by atoms with Gasteiger partial charge >= 0.3 is 0 Å². The molecule has 0 aliphatic carbocycles. The summed E-state index contributed by atoms with van der Waals surface area (Å²) in [6.07, 6.45) is 3.19. The molecule has 0 aliphatic rings. The summed E-state index contributed by atoms with van der Waals surface area (Å²) < 4.78 is 32.9. The van der Waals surface area contributed by atoms with E-state index < -0.39 is 23.1 Å². The second-order valence-corrected chi connectivity index (χ2v) is 6.64. The first-order valence-corrected chi connectivity index (χ1v) is 9.28. The highest BCUT2D eigenvalue weighted by atomic mass is 19.1. The van der Waals surface area contributed by atoms with Crippen LogP contribution in [-0.4, -0.2) is 20.9 Å². The molecule has 0 saturated carbocycles. The number of aromatic amines is 1. The van der Waals surface area contributed by atoms with Crippen LogP contribution >= 0.6 is 0 Å². The van der Waals surface area contributed by atoms with E-state index in [9.17, 15) is 18.4 Å². The van der Waals surface area contributed by atoms with Gasteiger partial charge in [0.25, 0.3) is 11.5 Å². The molecule has 31 heavy (non-hydrogen) atoms. The molecule has 9 heteroatoms. The summed E-state index contributed by atoms with van der Waals surface area (Å²) in [5.74, 6) is -2.25. The molecule has 0 radical (unpaired) electrons. The average molecular weight is 422 g/mol. The second-order valence-electron chi connectivity index (χ2n) is 6.64. The molecule has 0 aliphatic heterocycles. The fourth-order valence-corrected chi connectivity index (χ4v) is 2.93. The predicted molar refractivity (Wildman–Crippen MR) is 108 cm³/mol. The van der Waals surface area contributed by atoms with Gasteiger partial charge < -0.3 is 15.0 Å². The Kier molecular flexibility index (Phi) is 5.65. The van der Waals surface area contributed by atoms with E-state index in [1.54, 1.807) is 24.5 Å². The summed E-state index contributed by atoms with van der Waals surface area (Å²) in [6, 6.07) is 11.4. The number of benzene rings is 2. The van der Waals surface area contributed by atoms with Gasteiger partial charge in [-0.1, -0.05) is 12.1 Å². The topological polar surface area (TPSA) is 97.0 Å². The van der Waals surface area contributed by atoms with Gasteiger partial charge in [0.15, 0.2) is 17.4 Å². The van der Waals surface area contributed by atoms with Crippen molar-refractivity contribution in [1.82, 2.24) is 20.3 Å². The third-order valence-corrected chi connectivity index (χ3v) is 4.49. The number of pyridine rings is 1. The molecule has 156 valence electrons. The number of ether oxygens (including phenoxy) is 1. The van der Waals surface area contributed by atoms with Crippen LogP contribution in [0.5, 0.6) is 5.75 Å². The molecule has 1 amide bonds. The number of fused-ring (bicyclic) bond motifs is 1. The fraction of sp³-hybridized carbons (Fsp3) is 0.0909. The largest absolute Gasteiger partial charge is 0.485 e. The van der Waals surface area contributed by atoms with Crippen molar-refractivity contribution < 1.29 is 18.3 Å². The van der Waals surface area contributed by atoms with E-state index in [0.29, 0.717) is 5.56 Å². The number of nitrogens with zero attached hydrogens (tertiary/aromatic N) is 2. The van der Waals surface area contributed by atoms with E-state index in [1.165, 1.54) is 30.3 Å². The summed E-state index contributed by atoms with van der Waals surface area (Å²) in [5, 5.41) is 2.53. The molecule has 2 aromatic heterocycles. The molecule has 4 aromatic rings. The number of carbonyl (C=O) groups is 1. The minimum absolute atomic E-state index is 0.0794. The molecule has 2 N–H and O–H groups in total. The van der Waals surface area contributed by atoms with E-state index >= 15 is 0 Å². The first-order chi connectivity index (χ1) is 15.0. The average Bonchev–Trinajstić information content (AvgIpc) is 2.78. The lowest BCUT2D eigenvalue weighted by molar-refractivity contribution is 0.0940. The number of H-pyrrole nitrogens is 1. The molecular formula is C22H16F2N4O3. The lowest BCUT2D eigenvalue weighted by atomic mass is 10.2.